The third-order valence-corrected chi connectivity index (χ3v) is 2.08. The lowest BCUT2D eigenvalue weighted by Crippen LogP contribution is -2.21. The number of benzene rings is 1. The molecule has 0 radical (unpaired) electrons. The van der Waals surface area contributed by atoms with Crippen molar-refractivity contribution in [3.63, 3.8) is 0 Å². The van der Waals surface area contributed by atoms with Crippen LogP contribution in [0.15, 0.2) is 35.3 Å². The largest absolute Gasteiger partial charge is 0.480 e. The molecular formula is C10H11N3O2. The van der Waals surface area contributed by atoms with Gasteiger partial charge in [-0.3, -0.25) is 10.9 Å². The maximum absolute atomic E-state index is 10.9. The van der Waals surface area contributed by atoms with Crippen LogP contribution in [0.5, 0.6) is 0 Å². The molecule has 78 valence electrons. The number of aliphatic carboxylic acids is 1. The minimum absolute atomic E-state index is 0.406. The van der Waals surface area contributed by atoms with Crippen LogP contribution in [-0.2, 0) is 11.2 Å². The fraction of sp³-hybridized carbons (Fsp3) is 0.200. The van der Waals surface area contributed by atoms with E-state index in [0.717, 1.165) is 5.56 Å². The second-order valence-electron chi connectivity index (χ2n) is 3.27. The van der Waals surface area contributed by atoms with Crippen LogP contribution < -0.4 is 10.9 Å². The molecule has 5 nitrogen and oxygen atoms in total. The molecule has 1 aliphatic rings. The summed E-state index contributed by atoms with van der Waals surface area (Å²) in [5, 5.41) is 8.95. The van der Waals surface area contributed by atoms with Gasteiger partial charge in [-0.15, -0.1) is 0 Å². The third-order valence-electron chi connectivity index (χ3n) is 2.08. The quantitative estimate of drug-likeness (QED) is 0.610. The second kappa shape index (κ2) is 4.00. The number of hydrogen-bond acceptors (Lipinski definition) is 2. The molecule has 1 saturated heterocycles. The zero-order valence-electron chi connectivity index (χ0n) is 7.97. The van der Waals surface area contributed by atoms with Crippen LogP contribution in [0.1, 0.15) is 5.56 Å². The third kappa shape index (κ3) is 2.70. The Balaban J connectivity index is 2.07. The van der Waals surface area contributed by atoms with Crippen molar-refractivity contribution < 1.29 is 9.90 Å². The molecule has 1 aromatic rings. The molecule has 0 unspecified atom stereocenters. The van der Waals surface area contributed by atoms with Crippen molar-refractivity contribution in [2.24, 2.45) is 4.99 Å². The van der Waals surface area contributed by atoms with Crippen molar-refractivity contribution in [1.29, 1.82) is 0 Å². The number of carboxylic acids is 1. The molecule has 1 heterocycles. The van der Waals surface area contributed by atoms with Crippen LogP contribution in [0.25, 0.3) is 0 Å². The molecule has 1 fully saturated rings. The lowest BCUT2D eigenvalue weighted by molar-refractivity contribution is -0.138. The van der Waals surface area contributed by atoms with Crippen LogP contribution in [0.2, 0.25) is 0 Å². The van der Waals surface area contributed by atoms with Crippen LogP contribution in [0.3, 0.4) is 0 Å². The van der Waals surface area contributed by atoms with E-state index in [2.05, 4.69) is 15.8 Å². The number of nitrogens with one attached hydrogen (secondary N) is 2. The molecule has 0 aliphatic carbocycles. The van der Waals surface area contributed by atoms with E-state index < -0.39 is 12.0 Å². The summed E-state index contributed by atoms with van der Waals surface area (Å²) >= 11 is 0. The number of hydrogen-bond donors (Lipinski definition) is 3. The molecular weight excluding hydrogens is 194 g/mol. The molecule has 0 bridgehead atoms. The van der Waals surface area contributed by atoms with E-state index >= 15 is 0 Å². The summed E-state index contributed by atoms with van der Waals surface area (Å²) in [7, 11) is 0. The number of rotatable bonds is 4. The van der Waals surface area contributed by atoms with Crippen molar-refractivity contribution in [3.05, 3.63) is 35.9 Å². The van der Waals surface area contributed by atoms with Crippen molar-refractivity contribution in [2.75, 3.05) is 0 Å². The van der Waals surface area contributed by atoms with Crippen LogP contribution >= 0.6 is 0 Å². The normalized spacial score (nSPS) is 14.8. The smallest absolute Gasteiger partial charge is 0.328 e. The Labute approximate surface area is 86.8 Å². The first-order valence-electron chi connectivity index (χ1n) is 4.62. The van der Waals surface area contributed by atoms with E-state index in [1.165, 1.54) is 0 Å². The SMILES string of the molecule is O=C(O)[C@H](Cc1ccccc1)N=C1NN1. The zero-order chi connectivity index (χ0) is 10.7. The molecule has 0 saturated carbocycles. The van der Waals surface area contributed by atoms with Gasteiger partial charge in [-0.2, -0.15) is 0 Å². The van der Waals surface area contributed by atoms with Crippen LogP contribution in [0, 0.1) is 0 Å². The van der Waals surface area contributed by atoms with Gasteiger partial charge in [0, 0.05) is 6.42 Å². The van der Waals surface area contributed by atoms with Gasteiger partial charge >= 0.3 is 5.97 Å². The second-order valence-corrected chi connectivity index (χ2v) is 3.27. The number of hydrazine groups is 1. The maximum atomic E-state index is 10.9. The molecule has 1 atom stereocenters. The number of carboxylic acid groups (broad SMARTS) is 1. The summed E-state index contributed by atoms with van der Waals surface area (Å²) in [5.74, 6) is -0.375. The fourth-order valence-corrected chi connectivity index (χ4v) is 1.27. The molecule has 1 aromatic carbocycles. The van der Waals surface area contributed by atoms with E-state index in [-0.39, 0.29) is 0 Å². The van der Waals surface area contributed by atoms with Gasteiger partial charge in [0.25, 0.3) is 0 Å². The van der Waals surface area contributed by atoms with Gasteiger partial charge in [-0.05, 0) is 5.56 Å². The molecule has 2 rings (SSSR count). The Morgan fingerprint density at radius 2 is 2.00 bits per heavy atom. The first-order valence-corrected chi connectivity index (χ1v) is 4.62. The minimum atomic E-state index is -0.915. The molecule has 0 amide bonds. The summed E-state index contributed by atoms with van der Waals surface area (Å²) < 4.78 is 0. The minimum Gasteiger partial charge on any atom is -0.480 e. The highest BCUT2D eigenvalue weighted by atomic mass is 16.4. The number of carbonyl (C=O) groups is 1. The highest BCUT2D eigenvalue weighted by molar-refractivity contribution is 5.92. The number of nitrogens with zero attached hydrogens (tertiary/aromatic N) is 1. The van der Waals surface area contributed by atoms with Crippen molar-refractivity contribution in [3.8, 4) is 0 Å². The van der Waals surface area contributed by atoms with Gasteiger partial charge in [0.2, 0.25) is 5.96 Å². The Kier molecular flexibility index (Phi) is 2.53. The van der Waals surface area contributed by atoms with Gasteiger partial charge in [0.05, 0.1) is 0 Å². The molecule has 1 aliphatic heterocycles. The van der Waals surface area contributed by atoms with Gasteiger partial charge in [-0.1, -0.05) is 30.3 Å². The molecule has 5 heteroatoms. The van der Waals surface area contributed by atoms with Gasteiger partial charge in [0.15, 0.2) is 6.04 Å². The van der Waals surface area contributed by atoms with E-state index in [1.54, 1.807) is 0 Å². The highest BCUT2D eigenvalue weighted by Crippen LogP contribution is 2.06. The van der Waals surface area contributed by atoms with Crippen LogP contribution in [0.4, 0.5) is 0 Å². The Hall–Kier alpha value is -2.04. The van der Waals surface area contributed by atoms with Gasteiger partial charge < -0.3 is 5.11 Å². The van der Waals surface area contributed by atoms with Crippen molar-refractivity contribution in [2.45, 2.75) is 12.5 Å². The fourth-order valence-electron chi connectivity index (χ4n) is 1.27. The van der Waals surface area contributed by atoms with Crippen molar-refractivity contribution in [1.82, 2.24) is 10.9 Å². The van der Waals surface area contributed by atoms with E-state index in [9.17, 15) is 4.79 Å². The van der Waals surface area contributed by atoms with Crippen LogP contribution in [-0.4, -0.2) is 23.1 Å². The summed E-state index contributed by atoms with van der Waals surface area (Å²) in [6.45, 7) is 0. The predicted molar refractivity (Wildman–Crippen MR) is 55.3 cm³/mol. The first kappa shape index (κ1) is 9.51. The molecule has 0 aromatic heterocycles. The lowest BCUT2D eigenvalue weighted by atomic mass is 10.1. The van der Waals surface area contributed by atoms with Gasteiger partial charge in [0.1, 0.15) is 0 Å². The summed E-state index contributed by atoms with van der Waals surface area (Å²) in [4.78, 5) is 14.9. The standard InChI is InChI=1S/C10H11N3O2/c14-9(15)8(11-10-12-13-10)6-7-4-2-1-3-5-7/h1-5,8H,6H2,(H,14,15)(H2,11,12,13)/t8-/m0/s1. The summed E-state index contributed by atoms with van der Waals surface area (Å²) in [5.41, 5.74) is 6.25. The Morgan fingerprint density at radius 3 is 2.53 bits per heavy atom. The average Bonchev–Trinajstić information content (AvgIpc) is 3.02. The predicted octanol–water partition coefficient (Wildman–Crippen LogP) is 0.146. The lowest BCUT2D eigenvalue weighted by Gasteiger charge is -2.05. The Morgan fingerprint density at radius 1 is 1.33 bits per heavy atom. The van der Waals surface area contributed by atoms with Gasteiger partial charge in [-0.25, -0.2) is 9.79 Å². The van der Waals surface area contributed by atoms with E-state index in [4.69, 9.17) is 5.11 Å². The number of guanidine groups is 1. The Bertz CT molecular complexity index is 383. The number of aliphatic imine (C=N–C) groups is 1. The molecule has 15 heavy (non-hydrogen) atoms. The monoisotopic (exact) mass is 205 g/mol. The topological polar surface area (TPSA) is 93.5 Å². The summed E-state index contributed by atoms with van der Waals surface area (Å²) in [6, 6.07) is 8.72. The first-order chi connectivity index (χ1) is 7.25. The maximum Gasteiger partial charge on any atom is 0.328 e. The highest BCUT2D eigenvalue weighted by Gasteiger charge is 2.21. The average molecular weight is 205 g/mol. The van der Waals surface area contributed by atoms with E-state index in [0.29, 0.717) is 12.4 Å². The van der Waals surface area contributed by atoms with E-state index in [1.807, 2.05) is 30.3 Å². The molecule has 0 spiro atoms. The summed E-state index contributed by atoms with van der Waals surface area (Å²) in [6.07, 6.45) is 0.406. The molecule has 3 N–H and O–H groups in total. The zero-order valence-corrected chi connectivity index (χ0v) is 7.97. The van der Waals surface area contributed by atoms with Crippen molar-refractivity contribution >= 4 is 11.9 Å².